The molecule has 0 saturated heterocycles. The van der Waals surface area contributed by atoms with Gasteiger partial charge in [-0.25, -0.2) is 9.79 Å². The number of carbonyl (C=O) groups is 1. The Hall–Kier alpha value is -3.72. The van der Waals surface area contributed by atoms with E-state index in [4.69, 9.17) is 14.2 Å². The second-order valence-electron chi connectivity index (χ2n) is 8.16. The van der Waals surface area contributed by atoms with Gasteiger partial charge >= 0.3 is 5.97 Å². The highest BCUT2D eigenvalue weighted by molar-refractivity contribution is 7.07. The molecule has 1 aliphatic rings. The van der Waals surface area contributed by atoms with Crippen molar-refractivity contribution in [1.82, 2.24) is 9.55 Å². The number of ether oxygens (including phenoxy) is 3. The molecule has 1 aromatic carbocycles. The molecule has 35 heavy (non-hydrogen) atoms. The molecule has 4 rings (SSSR count). The lowest BCUT2D eigenvalue weighted by Crippen LogP contribution is -2.40. The SMILES string of the molecule is CCOC(=O)C1=C(C)N=c2s/c(=C\c3ccncc3)c(=O)n2[C@@H]1c1ccc(OC(C)C)c(OC)c1. The summed E-state index contributed by atoms with van der Waals surface area (Å²) in [5.41, 5.74) is 2.11. The zero-order chi connectivity index (χ0) is 25.1. The van der Waals surface area contributed by atoms with Crippen LogP contribution in [0.2, 0.25) is 0 Å². The molecule has 0 saturated carbocycles. The van der Waals surface area contributed by atoms with Gasteiger partial charge in [-0.3, -0.25) is 14.3 Å². The molecule has 9 heteroatoms. The van der Waals surface area contributed by atoms with E-state index in [0.717, 1.165) is 5.56 Å². The fraction of sp³-hybridized carbons (Fsp3) is 0.308. The maximum atomic E-state index is 13.6. The Bertz CT molecular complexity index is 1450. The molecule has 0 unspecified atom stereocenters. The Labute approximate surface area is 206 Å². The number of nitrogens with zero attached hydrogens (tertiary/aromatic N) is 3. The normalized spacial score (nSPS) is 15.6. The summed E-state index contributed by atoms with van der Waals surface area (Å²) in [7, 11) is 1.56. The van der Waals surface area contributed by atoms with Crippen LogP contribution < -0.4 is 24.4 Å². The van der Waals surface area contributed by atoms with Crippen LogP contribution in [0.4, 0.5) is 0 Å². The van der Waals surface area contributed by atoms with Crippen LogP contribution in [0.25, 0.3) is 6.08 Å². The van der Waals surface area contributed by atoms with Crippen molar-refractivity contribution in [3.05, 3.63) is 84.8 Å². The Balaban J connectivity index is 1.94. The first-order valence-corrected chi connectivity index (χ1v) is 12.1. The second-order valence-corrected chi connectivity index (χ2v) is 9.17. The van der Waals surface area contributed by atoms with Crippen molar-refractivity contribution in [2.75, 3.05) is 13.7 Å². The maximum absolute atomic E-state index is 13.6. The van der Waals surface area contributed by atoms with E-state index in [9.17, 15) is 9.59 Å². The predicted octanol–water partition coefficient (Wildman–Crippen LogP) is 2.99. The van der Waals surface area contributed by atoms with Gasteiger partial charge in [0.2, 0.25) is 0 Å². The molecule has 3 aromatic rings. The minimum atomic E-state index is -0.730. The smallest absolute Gasteiger partial charge is 0.338 e. The van der Waals surface area contributed by atoms with E-state index in [-0.39, 0.29) is 18.3 Å². The van der Waals surface area contributed by atoms with Crippen LogP contribution in [0.1, 0.15) is 44.9 Å². The van der Waals surface area contributed by atoms with Crippen LogP contribution in [0.3, 0.4) is 0 Å². The zero-order valence-corrected chi connectivity index (χ0v) is 21.1. The maximum Gasteiger partial charge on any atom is 0.338 e. The summed E-state index contributed by atoms with van der Waals surface area (Å²) in [6, 6.07) is 8.33. The number of methoxy groups -OCH3 is 1. The molecule has 0 bridgehead atoms. The van der Waals surface area contributed by atoms with Crippen molar-refractivity contribution in [1.29, 1.82) is 0 Å². The summed E-state index contributed by atoms with van der Waals surface area (Å²) < 4.78 is 18.8. The minimum Gasteiger partial charge on any atom is -0.493 e. The van der Waals surface area contributed by atoms with Crippen LogP contribution in [0, 0.1) is 0 Å². The molecular weight excluding hydrogens is 466 g/mol. The molecule has 0 spiro atoms. The van der Waals surface area contributed by atoms with Gasteiger partial charge in [0, 0.05) is 12.4 Å². The molecule has 0 radical (unpaired) electrons. The van der Waals surface area contributed by atoms with Gasteiger partial charge in [-0.2, -0.15) is 0 Å². The van der Waals surface area contributed by atoms with Crippen molar-refractivity contribution in [3.63, 3.8) is 0 Å². The number of aromatic nitrogens is 2. The minimum absolute atomic E-state index is 0.0437. The molecule has 1 aliphatic heterocycles. The lowest BCUT2D eigenvalue weighted by molar-refractivity contribution is -0.139. The lowest BCUT2D eigenvalue weighted by atomic mass is 9.95. The largest absolute Gasteiger partial charge is 0.493 e. The monoisotopic (exact) mass is 493 g/mol. The number of hydrogen-bond acceptors (Lipinski definition) is 8. The predicted molar refractivity (Wildman–Crippen MR) is 133 cm³/mol. The van der Waals surface area contributed by atoms with Crippen molar-refractivity contribution in [2.45, 2.75) is 39.8 Å². The van der Waals surface area contributed by atoms with E-state index in [1.165, 1.54) is 11.3 Å². The fourth-order valence-corrected chi connectivity index (χ4v) is 4.97. The highest BCUT2D eigenvalue weighted by Crippen LogP contribution is 2.36. The summed E-state index contributed by atoms with van der Waals surface area (Å²) in [5.74, 6) is 0.575. The van der Waals surface area contributed by atoms with E-state index in [1.54, 1.807) is 56.1 Å². The summed E-state index contributed by atoms with van der Waals surface area (Å²) in [6.45, 7) is 7.57. The molecule has 0 fully saturated rings. The number of pyridine rings is 1. The van der Waals surface area contributed by atoms with Gasteiger partial charge in [0.1, 0.15) is 0 Å². The Morgan fingerprint density at radius 1 is 1.20 bits per heavy atom. The number of thiazole rings is 1. The average Bonchev–Trinajstić information content (AvgIpc) is 3.13. The number of esters is 1. The average molecular weight is 494 g/mol. The van der Waals surface area contributed by atoms with E-state index >= 15 is 0 Å². The molecule has 8 nitrogen and oxygen atoms in total. The topological polar surface area (TPSA) is 92.0 Å². The summed E-state index contributed by atoms with van der Waals surface area (Å²) in [4.78, 5) is 35.8. The molecule has 0 aliphatic carbocycles. The van der Waals surface area contributed by atoms with Crippen molar-refractivity contribution in [2.24, 2.45) is 4.99 Å². The summed E-state index contributed by atoms with van der Waals surface area (Å²) in [5, 5.41) is 0. The molecule has 0 amide bonds. The van der Waals surface area contributed by atoms with Crippen LogP contribution >= 0.6 is 11.3 Å². The highest BCUT2D eigenvalue weighted by Gasteiger charge is 2.34. The van der Waals surface area contributed by atoms with Crippen LogP contribution in [0.5, 0.6) is 11.5 Å². The molecule has 2 aromatic heterocycles. The van der Waals surface area contributed by atoms with Crippen LogP contribution in [0.15, 0.2) is 63.8 Å². The van der Waals surface area contributed by atoms with Gasteiger partial charge in [0.05, 0.1) is 41.7 Å². The Morgan fingerprint density at radius 3 is 2.60 bits per heavy atom. The zero-order valence-electron chi connectivity index (χ0n) is 20.3. The van der Waals surface area contributed by atoms with Crippen LogP contribution in [-0.2, 0) is 9.53 Å². The third-order valence-corrected chi connectivity index (χ3v) is 6.37. The van der Waals surface area contributed by atoms with Crippen molar-refractivity contribution < 1.29 is 19.0 Å². The highest BCUT2D eigenvalue weighted by atomic mass is 32.1. The number of benzene rings is 1. The summed E-state index contributed by atoms with van der Waals surface area (Å²) >= 11 is 1.27. The second kappa shape index (κ2) is 10.3. The number of carbonyl (C=O) groups excluding carboxylic acids is 1. The lowest BCUT2D eigenvalue weighted by Gasteiger charge is -2.25. The number of hydrogen-bond donors (Lipinski definition) is 0. The Kier molecular flexibility index (Phi) is 7.16. The molecule has 0 N–H and O–H groups in total. The van der Waals surface area contributed by atoms with Crippen molar-refractivity contribution in [3.8, 4) is 11.5 Å². The van der Waals surface area contributed by atoms with Crippen molar-refractivity contribution >= 4 is 23.4 Å². The van der Waals surface area contributed by atoms with Gasteiger partial charge in [-0.05, 0) is 69.2 Å². The van der Waals surface area contributed by atoms with Gasteiger partial charge in [-0.1, -0.05) is 17.4 Å². The summed E-state index contributed by atoms with van der Waals surface area (Å²) in [6.07, 6.45) is 5.09. The van der Waals surface area contributed by atoms with Gasteiger partial charge in [-0.15, -0.1) is 0 Å². The molecule has 3 heterocycles. The Morgan fingerprint density at radius 2 is 1.94 bits per heavy atom. The number of fused-ring (bicyclic) bond motifs is 1. The standard InChI is InChI=1S/C26H27N3O5S/c1-6-33-25(31)22-16(4)28-26-29(24(30)21(35-26)13-17-9-11-27-12-10-17)23(22)18-7-8-19(34-15(2)3)20(14-18)32-5/h7-15,23H,6H2,1-5H3/b21-13-/t23-/m1/s1. The number of rotatable bonds is 7. The van der Waals surface area contributed by atoms with E-state index in [2.05, 4.69) is 9.98 Å². The third kappa shape index (κ3) is 4.90. The van der Waals surface area contributed by atoms with E-state index < -0.39 is 12.0 Å². The molecule has 182 valence electrons. The molecular formula is C26H27N3O5S. The van der Waals surface area contributed by atoms with E-state index in [1.807, 2.05) is 32.0 Å². The van der Waals surface area contributed by atoms with Gasteiger partial charge in [0.15, 0.2) is 16.3 Å². The fourth-order valence-electron chi connectivity index (χ4n) is 3.92. The van der Waals surface area contributed by atoms with Gasteiger partial charge < -0.3 is 14.2 Å². The number of allylic oxidation sites excluding steroid dienone is 1. The molecule has 1 atom stereocenters. The first kappa shape index (κ1) is 24.4. The van der Waals surface area contributed by atoms with Gasteiger partial charge in [0.25, 0.3) is 5.56 Å². The van der Waals surface area contributed by atoms with E-state index in [0.29, 0.717) is 37.7 Å². The first-order valence-electron chi connectivity index (χ1n) is 11.3. The quantitative estimate of drug-likeness (QED) is 0.470. The van der Waals surface area contributed by atoms with Crippen LogP contribution in [-0.4, -0.2) is 35.3 Å². The first-order chi connectivity index (χ1) is 16.8. The third-order valence-electron chi connectivity index (χ3n) is 5.39.